The van der Waals surface area contributed by atoms with Crippen molar-refractivity contribution in [2.24, 2.45) is 0 Å². The Labute approximate surface area is 190 Å². The minimum absolute atomic E-state index is 0.101. The number of fused-ring (bicyclic) bond motifs is 1. The van der Waals surface area contributed by atoms with E-state index in [0.29, 0.717) is 47.7 Å². The molecule has 1 atom stereocenters. The molecule has 1 N–H and O–H groups in total. The van der Waals surface area contributed by atoms with Crippen molar-refractivity contribution in [1.82, 2.24) is 29.7 Å². The Morgan fingerprint density at radius 2 is 1.82 bits per heavy atom. The van der Waals surface area contributed by atoms with E-state index in [1.807, 2.05) is 0 Å². The first-order valence-electron chi connectivity index (χ1n) is 11.1. The van der Waals surface area contributed by atoms with Crippen molar-refractivity contribution in [2.75, 3.05) is 13.1 Å². The number of amides is 2. The molecule has 9 heteroatoms. The lowest BCUT2D eigenvalue weighted by atomic mass is 9.99. The van der Waals surface area contributed by atoms with E-state index in [2.05, 4.69) is 15.0 Å². The highest BCUT2D eigenvalue weighted by molar-refractivity contribution is 5.94. The van der Waals surface area contributed by atoms with Crippen molar-refractivity contribution >= 4 is 11.8 Å². The van der Waals surface area contributed by atoms with Crippen LogP contribution in [0.25, 0.3) is 0 Å². The molecular weight excluding hydrogens is 420 g/mol. The van der Waals surface area contributed by atoms with E-state index in [4.69, 9.17) is 4.98 Å². The zero-order valence-electron chi connectivity index (χ0n) is 18.1. The summed E-state index contributed by atoms with van der Waals surface area (Å²) < 4.78 is 0. The summed E-state index contributed by atoms with van der Waals surface area (Å²) in [6.07, 6.45) is 9.36. The van der Waals surface area contributed by atoms with Crippen LogP contribution in [0.15, 0.2) is 53.8 Å². The minimum atomic E-state index is -0.318. The molecule has 9 nitrogen and oxygen atoms in total. The molecule has 3 aromatic rings. The number of carbonyl (C=O) groups is 2. The third kappa shape index (κ3) is 4.13. The maximum absolute atomic E-state index is 13.2. The van der Waals surface area contributed by atoms with Crippen LogP contribution in [0, 0.1) is 0 Å². The molecule has 0 bridgehead atoms. The molecular formula is C24H24N6O3. The van der Waals surface area contributed by atoms with Gasteiger partial charge in [0.15, 0.2) is 0 Å². The fraction of sp³-hybridized carbons (Fsp3) is 0.333. The Kier molecular flexibility index (Phi) is 5.68. The van der Waals surface area contributed by atoms with Crippen molar-refractivity contribution in [3.8, 4) is 0 Å². The number of pyridine rings is 2. The quantitative estimate of drug-likeness (QED) is 0.662. The molecule has 2 amide bonds. The normalized spacial score (nSPS) is 18.0. The van der Waals surface area contributed by atoms with Crippen LogP contribution < -0.4 is 5.56 Å². The number of aromatic nitrogens is 4. The molecule has 2 aliphatic rings. The summed E-state index contributed by atoms with van der Waals surface area (Å²) in [5.74, 6) is 0.247. The third-order valence-electron chi connectivity index (χ3n) is 6.29. The molecule has 0 radical (unpaired) electrons. The molecule has 0 spiro atoms. The van der Waals surface area contributed by atoms with Gasteiger partial charge >= 0.3 is 0 Å². The zero-order chi connectivity index (χ0) is 22.8. The Bertz CT molecular complexity index is 1230. The van der Waals surface area contributed by atoms with Crippen LogP contribution in [-0.2, 0) is 13.0 Å². The first-order chi connectivity index (χ1) is 16.1. The van der Waals surface area contributed by atoms with Gasteiger partial charge in [-0.15, -0.1) is 0 Å². The fourth-order valence-corrected chi connectivity index (χ4v) is 4.58. The summed E-state index contributed by atoms with van der Waals surface area (Å²) in [6, 6.07) is 6.52. The van der Waals surface area contributed by atoms with Gasteiger partial charge in [0.1, 0.15) is 5.82 Å². The summed E-state index contributed by atoms with van der Waals surface area (Å²) >= 11 is 0. The predicted molar refractivity (Wildman–Crippen MR) is 119 cm³/mol. The molecule has 1 saturated heterocycles. The molecule has 1 fully saturated rings. The van der Waals surface area contributed by atoms with E-state index in [1.54, 1.807) is 58.9 Å². The number of hydrogen-bond acceptors (Lipinski definition) is 6. The maximum atomic E-state index is 13.2. The smallest absolute Gasteiger partial charge is 0.255 e. The lowest BCUT2D eigenvalue weighted by Gasteiger charge is -2.36. The topological polar surface area (TPSA) is 112 Å². The van der Waals surface area contributed by atoms with Crippen LogP contribution in [0.4, 0.5) is 0 Å². The SMILES string of the molecule is O=C(c1cccnc1)N1CCc2c(nc([C@@H]3CCCCN3C(=O)c3ccncc3)[nH]c2=O)C1. The number of H-pyrrole nitrogens is 1. The number of nitrogens with one attached hydrogen (secondary N) is 1. The lowest BCUT2D eigenvalue weighted by Crippen LogP contribution is -2.42. The van der Waals surface area contributed by atoms with Crippen LogP contribution in [0.3, 0.4) is 0 Å². The van der Waals surface area contributed by atoms with E-state index < -0.39 is 0 Å². The van der Waals surface area contributed by atoms with Crippen LogP contribution >= 0.6 is 0 Å². The van der Waals surface area contributed by atoms with Gasteiger partial charge in [-0.25, -0.2) is 4.98 Å². The van der Waals surface area contributed by atoms with Gasteiger partial charge in [0.25, 0.3) is 17.4 Å². The van der Waals surface area contributed by atoms with Crippen molar-refractivity contribution < 1.29 is 9.59 Å². The van der Waals surface area contributed by atoms with E-state index in [1.165, 1.54) is 0 Å². The molecule has 0 aromatic carbocycles. The average Bonchev–Trinajstić information content (AvgIpc) is 2.88. The number of piperidine rings is 1. The summed E-state index contributed by atoms with van der Waals surface area (Å²) in [4.78, 5) is 58.2. The molecule has 0 unspecified atom stereocenters. The van der Waals surface area contributed by atoms with Crippen molar-refractivity contribution in [2.45, 2.75) is 38.3 Å². The van der Waals surface area contributed by atoms with Gasteiger partial charge in [-0.1, -0.05) is 0 Å². The average molecular weight is 444 g/mol. The van der Waals surface area contributed by atoms with Crippen LogP contribution in [-0.4, -0.2) is 54.6 Å². The molecule has 33 heavy (non-hydrogen) atoms. The molecule has 5 rings (SSSR count). The highest BCUT2D eigenvalue weighted by atomic mass is 16.2. The summed E-state index contributed by atoms with van der Waals surface area (Å²) in [6.45, 7) is 1.30. The Morgan fingerprint density at radius 1 is 0.970 bits per heavy atom. The van der Waals surface area contributed by atoms with Gasteiger partial charge in [-0.3, -0.25) is 24.4 Å². The molecule has 0 saturated carbocycles. The molecule has 3 aromatic heterocycles. The number of likely N-dealkylation sites (tertiary alicyclic amines) is 1. The first kappa shape index (κ1) is 21.0. The number of rotatable bonds is 3. The fourth-order valence-electron chi connectivity index (χ4n) is 4.58. The maximum Gasteiger partial charge on any atom is 0.255 e. The Hall–Kier alpha value is -3.88. The summed E-state index contributed by atoms with van der Waals surface area (Å²) in [7, 11) is 0. The number of aromatic amines is 1. The van der Waals surface area contributed by atoms with Crippen LogP contribution in [0.5, 0.6) is 0 Å². The van der Waals surface area contributed by atoms with E-state index >= 15 is 0 Å². The summed E-state index contributed by atoms with van der Waals surface area (Å²) in [5, 5.41) is 0. The van der Waals surface area contributed by atoms with Gasteiger partial charge in [-0.05, 0) is 49.9 Å². The number of carbonyl (C=O) groups excluding carboxylic acids is 2. The molecule has 2 aliphatic heterocycles. The van der Waals surface area contributed by atoms with Crippen molar-refractivity contribution in [3.63, 3.8) is 0 Å². The number of hydrogen-bond donors (Lipinski definition) is 1. The van der Waals surface area contributed by atoms with Gasteiger partial charge < -0.3 is 14.8 Å². The van der Waals surface area contributed by atoms with Crippen LogP contribution in [0.2, 0.25) is 0 Å². The predicted octanol–water partition coefficient (Wildman–Crippen LogP) is 2.13. The van der Waals surface area contributed by atoms with E-state index in [0.717, 1.165) is 19.3 Å². The monoisotopic (exact) mass is 444 g/mol. The molecule has 0 aliphatic carbocycles. The van der Waals surface area contributed by atoms with Crippen LogP contribution in [0.1, 0.15) is 63.1 Å². The highest BCUT2D eigenvalue weighted by Gasteiger charge is 2.32. The number of nitrogens with zero attached hydrogens (tertiary/aromatic N) is 5. The molecule has 5 heterocycles. The van der Waals surface area contributed by atoms with E-state index in [-0.39, 0.29) is 30.0 Å². The second kappa shape index (κ2) is 8.93. The minimum Gasteiger partial charge on any atom is -0.332 e. The van der Waals surface area contributed by atoms with Gasteiger partial charge in [0.2, 0.25) is 0 Å². The second-order valence-electron chi connectivity index (χ2n) is 8.34. The first-order valence-corrected chi connectivity index (χ1v) is 11.1. The molecule has 168 valence electrons. The summed E-state index contributed by atoms with van der Waals surface area (Å²) in [5.41, 5.74) is 2.08. The van der Waals surface area contributed by atoms with Crippen molar-refractivity contribution in [3.05, 3.63) is 87.6 Å². The van der Waals surface area contributed by atoms with E-state index in [9.17, 15) is 14.4 Å². The van der Waals surface area contributed by atoms with Gasteiger partial charge in [-0.2, -0.15) is 0 Å². The van der Waals surface area contributed by atoms with Gasteiger partial charge in [0.05, 0.1) is 23.8 Å². The van der Waals surface area contributed by atoms with Gasteiger partial charge in [0, 0.05) is 49.0 Å². The largest absolute Gasteiger partial charge is 0.332 e. The Morgan fingerprint density at radius 3 is 2.61 bits per heavy atom. The Balaban J connectivity index is 1.44. The zero-order valence-corrected chi connectivity index (χ0v) is 18.1. The third-order valence-corrected chi connectivity index (χ3v) is 6.29. The second-order valence-corrected chi connectivity index (χ2v) is 8.34. The highest BCUT2D eigenvalue weighted by Crippen LogP contribution is 2.30. The standard InChI is InChI=1S/C24H24N6O3/c31-22-18-8-13-29(23(32)17-4-3-9-26-14-17)15-19(18)27-21(28-22)20-5-1-2-12-30(20)24(33)16-6-10-25-11-7-16/h3-4,6-7,9-11,14,20H,1-2,5,8,12-13,15H2,(H,27,28,31)/t20-/m0/s1. The lowest BCUT2D eigenvalue weighted by molar-refractivity contribution is 0.0598. The van der Waals surface area contributed by atoms with Crippen molar-refractivity contribution in [1.29, 1.82) is 0 Å².